The number of hydrogen-bond acceptors (Lipinski definition) is 5. The van der Waals surface area contributed by atoms with Gasteiger partial charge in [-0.2, -0.15) is 0 Å². The first-order chi connectivity index (χ1) is 13.4. The third kappa shape index (κ3) is 4.14. The smallest absolute Gasteiger partial charge is 0.237 e. The Labute approximate surface area is 169 Å². The average molecular weight is 399 g/mol. The van der Waals surface area contributed by atoms with Crippen molar-refractivity contribution in [3.63, 3.8) is 0 Å². The summed E-state index contributed by atoms with van der Waals surface area (Å²) >= 11 is 1.40. The van der Waals surface area contributed by atoms with Crippen molar-refractivity contribution in [2.75, 3.05) is 5.32 Å². The van der Waals surface area contributed by atoms with Crippen molar-refractivity contribution in [2.24, 2.45) is 0 Å². The Balaban J connectivity index is 1.77. The maximum atomic E-state index is 12.9. The van der Waals surface area contributed by atoms with Crippen molar-refractivity contribution in [2.45, 2.75) is 57.5 Å². The molecule has 0 radical (unpaired) electrons. The van der Waals surface area contributed by atoms with Gasteiger partial charge in [-0.15, -0.1) is 10.2 Å². The summed E-state index contributed by atoms with van der Waals surface area (Å²) < 4.78 is 7.40. The van der Waals surface area contributed by atoms with Crippen molar-refractivity contribution in [3.05, 3.63) is 47.7 Å². The molecular formula is C21H26N4O2S. The Kier molecular flexibility index (Phi) is 6.24. The van der Waals surface area contributed by atoms with Gasteiger partial charge in [0.15, 0.2) is 16.7 Å². The van der Waals surface area contributed by atoms with E-state index < -0.39 is 0 Å². The maximum absolute atomic E-state index is 12.9. The lowest BCUT2D eigenvalue weighted by molar-refractivity contribution is -0.115. The van der Waals surface area contributed by atoms with E-state index in [1.807, 2.05) is 49.6 Å². The van der Waals surface area contributed by atoms with Gasteiger partial charge >= 0.3 is 0 Å². The first kappa shape index (κ1) is 20.2. The SMILES string of the molecule is CCn1c(SC(C)C(=O)Nc2c(C)cccc2C(C)C)nnc1-c1ccco1. The summed E-state index contributed by atoms with van der Waals surface area (Å²) in [6.07, 6.45) is 1.61. The summed E-state index contributed by atoms with van der Waals surface area (Å²) in [7, 11) is 0. The molecule has 1 N–H and O–H groups in total. The number of amides is 1. The summed E-state index contributed by atoms with van der Waals surface area (Å²) in [6.45, 7) is 10.9. The highest BCUT2D eigenvalue weighted by atomic mass is 32.2. The molecule has 1 atom stereocenters. The summed E-state index contributed by atoms with van der Waals surface area (Å²) in [5.41, 5.74) is 3.11. The molecule has 148 valence electrons. The number of aromatic nitrogens is 3. The van der Waals surface area contributed by atoms with Crippen molar-refractivity contribution in [1.82, 2.24) is 14.8 Å². The second-order valence-corrected chi connectivity index (χ2v) is 8.28. The molecule has 0 fully saturated rings. The molecule has 2 heterocycles. The zero-order valence-corrected chi connectivity index (χ0v) is 17.7. The van der Waals surface area contributed by atoms with Crippen LogP contribution in [0.4, 0.5) is 5.69 Å². The molecule has 1 amide bonds. The lowest BCUT2D eigenvalue weighted by atomic mass is 9.98. The number of carbonyl (C=O) groups is 1. The van der Waals surface area contributed by atoms with E-state index in [2.05, 4.69) is 35.4 Å². The van der Waals surface area contributed by atoms with Gasteiger partial charge in [-0.3, -0.25) is 9.36 Å². The Morgan fingerprint density at radius 2 is 2.00 bits per heavy atom. The summed E-state index contributed by atoms with van der Waals surface area (Å²) in [5.74, 6) is 1.62. The van der Waals surface area contributed by atoms with Gasteiger partial charge < -0.3 is 9.73 Å². The predicted molar refractivity (Wildman–Crippen MR) is 113 cm³/mol. The van der Waals surface area contributed by atoms with Crippen LogP contribution in [0.5, 0.6) is 0 Å². The number of nitrogens with zero attached hydrogens (tertiary/aromatic N) is 3. The molecule has 0 spiro atoms. The second-order valence-electron chi connectivity index (χ2n) is 6.97. The molecule has 3 rings (SSSR count). The van der Waals surface area contributed by atoms with Crippen LogP contribution in [-0.2, 0) is 11.3 Å². The van der Waals surface area contributed by atoms with Crippen LogP contribution in [-0.4, -0.2) is 25.9 Å². The zero-order valence-electron chi connectivity index (χ0n) is 16.9. The van der Waals surface area contributed by atoms with Crippen molar-refractivity contribution < 1.29 is 9.21 Å². The highest BCUT2D eigenvalue weighted by molar-refractivity contribution is 8.00. The number of carbonyl (C=O) groups excluding carboxylic acids is 1. The normalized spacial score (nSPS) is 12.4. The minimum atomic E-state index is -0.321. The predicted octanol–water partition coefficient (Wildman–Crippen LogP) is 5.11. The van der Waals surface area contributed by atoms with E-state index >= 15 is 0 Å². The molecule has 0 aliphatic carbocycles. The van der Waals surface area contributed by atoms with E-state index in [1.165, 1.54) is 11.8 Å². The largest absolute Gasteiger partial charge is 0.461 e. The minimum absolute atomic E-state index is 0.0496. The lowest BCUT2D eigenvalue weighted by Gasteiger charge is -2.18. The molecule has 6 nitrogen and oxygen atoms in total. The number of hydrogen-bond donors (Lipinski definition) is 1. The molecular weight excluding hydrogens is 372 g/mol. The van der Waals surface area contributed by atoms with Gasteiger partial charge in [-0.25, -0.2) is 0 Å². The standard InChI is InChI=1S/C21H26N4O2S/c1-6-25-19(17-11-8-12-27-17)23-24-21(25)28-15(5)20(26)22-18-14(4)9-7-10-16(18)13(2)3/h7-13,15H,6H2,1-5H3,(H,22,26). The van der Waals surface area contributed by atoms with Crippen LogP contribution in [0.25, 0.3) is 11.6 Å². The van der Waals surface area contributed by atoms with Crippen LogP contribution in [0.3, 0.4) is 0 Å². The number of benzene rings is 1. The Morgan fingerprint density at radius 3 is 2.64 bits per heavy atom. The number of aryl methyl sites for hydroxylation is 1. The van der Waals surface area contributed by atoms with Gasteiger partial charge in [0.25, 0.3) is 0 Å². The van der Waals surface area contributed by atoms with Gasteiger partial charge in [0.05, 0.1) is 11.5 Å². The van der Waals surface area contributed by atoms with Gasteiger partial charge in [0.2, 0.25) is 5.91 Å². The van der Waals surface area contributed by atoms with E-state index in [0.717, 1.165) is 16.8 Å². The molecule has 0 bridgehead atoms. The van der Waals surface area contributed by atoms with Crippen LogP contribution in [0.1, 0.15) is 44.7 Å². The number of anilines is 1. The number of nitrogens with one attached hydrogen (secondary N) is 1. The Bertz CT molecular complexity index is 947. The number of para-hydroxylation sites is 1. The average Bonchev–Trinajstić information content (AvgIpc) is 3.32. The van der Waals surface area contributed by atoms with E-state index in [9.17, 15) is 4.79 Å². The van der Waals surface area contributed by atoms with E-state index in [4.69, 9.17) is 4.42 Å². The van der Waals surface area contributed by atoms with Crippen molar-refractivity contribution >= 4 is 23.4 Å². The van der Waals surface area contributed by atoms with Crippen LogP contribution < -0.4 is 5.32 Å². The molecule has 1 unspecified atom stereocenters. The van der Waals surface area contributed by atoms with Crippen molar-refractivity contribution in [1.29, 1.82) is 0 Å². The molecule has 0 aliphatic heterocycles. The summed E-state index contributed by atoms with van der Waals surface area (Å²) in [4.78, 5) is 12.9. The molecule has 3 aromatic rings. The first-order valence-corrected chi connectivity index (χ1v) is 10.3. The second kappa shape index (κ2) is 8.65. The fourth-order valence-electron chi connectivity index (χ4n) is 3.03. The van der Waals surface area contributed by atoms with Crippen LogP contribution in [0.15, 0.2) is 46.2 Å². The fourth-order valence-corrected chi connectivity index (χ4v) is 3.94. The van der Waals surface area contributed by atoms with Gasteiger partial charge in [0, 0.05) is 12.2 Å². The number of thioether (sulfide) groups is 1. The summed E-state index contributed by atoms with van der Waals surface area (Å²) in [5, 5.41) is 12.0. The molecule has 0 saturated carbocycles. The number of rotatable bonds is 7. The van der Waals surface area contributed by atoms with Crippen LogP contribution in [0.2, 0.25) is 0 Å². The lowest BCUT2D eigenvalue weighted by Crippen LogP contribution is -2.24. The van der Waals surface area contributed by atoms with Gasteiger partial charge in [0.1, 0.15) is 0 Å². The quantitative estimate of drug-likeness (QED) is 0.560. The third-order valence-corrected chi connectivity index (χ3v) is 5.68. The van der Waals surface area contributed by atoms with Crippen LogP contribution in [0, 0.1) is 6.92 Å². The summed E-state index contributed by atoms with van der Waals surface area (Å²) in [6, 6.07) is 9.78. The van der Waals surface area contributed by atoms with Crippen LogP contribution >= 0.6 is 11.8 Å². The zero-order chi connectivity index (χ0) is 20.3. The number of furan rings is 1. The van der Waals surface area contributed by atoms with E-state index in [0.29, 0.717) is 29.2 Å². The molecule has 0 saturated heterocycles. The molecule has 28 heavy (non-hydrogen) atoms. The van der Waals surface area contributed by atoms with Gasteiger partial charge in [-0.1, -0.05) is 43.8 Å². The molecule has 2 aromatic heterocycles. The Hall–Kier alpha value is -2.54. The Morgan fingerprint density at radius 1 is 1.21 bits per heavy atom. The fraction of sp³-hybridized carbons (Fsp3) is 0.381. The van der Waals surface area contributed by atoms with E-state index in [1.54, 1.807) is 6.26 Å². The molecule has 1 aromatic carbocycles. The monoisotopic (exact) mass is 398 g/mol. The highest BCUT2D eigenvalue weighted by Crippen LogP contribution is 2.30. The third-order valence-electron chi connectivity index (χ3n) is 4.60. The topological polar surface area (TPSA) is 73.0 Å². The van der Waals surface area contributed by atoms with Gasteiger partial charge in [-0.05, 0) is 49.9 Å². The molecule has 7 heteroatoms. The minimum Gasteiger partial charge on any atom is -0.461 e. The molecule has 0 aliphatic rings. The van der Waals surface area contributed by atoms with E-state index in [-0.39, 0.29) is 11.2 Å². The first-order valence-electron chi connectivity index (χ1n) is 9.46. The van der Waals surface area contributed by atoms with Crippen molar-refractivity contribution in [3.8, 4) is 11.6 Å². The maximum Gasteiger partial charge on any atom is 0.237 e. The highest BCUT2D eigenvalue weighted by Gasteiger charge is 2.22.